The lowest BCUT2D eigenvalue weighted by molar-refractivity contribution is -0.170. The van der Waals surface area contributed by atoms with Gasteiger partial charge in [0, 0.05) is 29.8 Å². The first-order chi connectivity index (χ1) is 22.7. The van der Waals surface area contributed by atoms with Crippen LogP contribution in [0, 0.1) is 5.82 Å². The number of allylic oxidation sites excluding steroid dienone is 1. The molecule has 0 saturated carbocycles. The van der Waals surface area contributed by atoms with Gasteiger partial charge in [0.05, 0.1) is 19.1 Å². The highest BCUT2D eigenvalue weighted by Crippen LogP contribution is 2.38. The number of hydrogen-bond acceptors (Lipinski definition) is 5. The van der Waals surface area contributed by atoms with E-state index in [-0.39, 0.29) is 42.0 Å². The zero-order valence-corrected chi connectivity index (χ0v) is 26.7. The van der Waals surface area contributed by atoms with E-state index in [9.17, 15) is 46.2 Å². The van der Waals surface area contributed by atoms with Crippen LogP contribution in [0.25, 0.3) is 6.08 Å². The summed E-state index contributed by atoms with van der Waals surface area (Å²) in [6.07, 6.45) is -1.32. The van der Waals surface area contributed by atoms with Crippen LogP contribution in [0.2, 0.25) is 0 Å². The largest absolute Gasteiger partial charge is 0.508 e. The molecule has 2 heterocycles. The number of hydrogen-bond donors (Lipinski definition) is 3. The van der Waals surface area contributed by atoms with E-state index >= 15 is 0 Å². The Labute approximate surface area is 274 Å². The Morgan fingerprint density at radius 2 is 1.79 bits per heavy atom. The Morgan fingerprint density at radius 3 is 2.50 bits per heavy atom. The van der Waals surface area contributed by atoms with Crippen LogP contribution < -0.4 is 15.5 Å². The van der Waals surface area contributed by atoms with Crippen molar-refractivity contribution < 1.29 is 46.2 Å². The smallest absolute Gasteiger partial charge is 0.471 e. The van der Waals surface area contributed by atoms with Crippen LogP contribution in [0.4, 0.5) is 27.6 Å². The second kappa shape index (κ2) is 15.0. The summed E-state index contributed by atoms with van der Waals surface area (Å²) in [7, 11) is 0. The Kier molecular flexibility index (Phi) is 11.3. The van der Waals surface area contributed by atoms with Gasteiger partial charge in [-0.25, -0.2) is 8.78 Å². The van der Waals surface area contributed by atoms with Gasteiger partial charge in [0.1, 0.15) is 23.8 Å². The zero-order chi connectivity index (χ0) is 35.3. The van der Waals surface area contributed by atoms with Crippen LogP contribution in [-0.4, -0.2) is 71.7 Å². The van der Waals surface area contributed by atoms with Gasteiger partial charge in [-0.05, 0) is 73.2 Å². The molecule has 0 radical (unpaired) electrons. The van der Waals surface area contributed by atoms with E-state index in [1.54, 1.807) is 18.2 Å². The minimum Gasteiger partial charge on any atom is -0.508 e. The lowest BCUT2D eigenvalue weighted by atomic mass is 9.96. The number of carbonyl (C=O) groups is 4. The van der Waals surface area contributed by atoms with E-state index in [2.05, 4.69) is 10.6 Å². The number of rotatable bonds is 6. The van der Waals surface area contributed by atoms with Crippen molar-refractivity contribution in [1.82, 2.24) is 15.5 Å². The highest BCUT2D eigenvalue weighted by atomic mass is 19.4. The fraction of sp³-hybridized carbons (Fsp3) is 0.412. The summed E-state index contributed by atoms with van der Waals surface area (Å²) >= 11 is 0. The average Bonchev–Trinajstić information content (AvgIpc) is 3.32. The van der Waals surface area contributed by atoms with Crippen LogP contribution in [-0.2, 0) is 32.0 Å². The number of benzene rings is 2. The number of likely N-dealkylation sites (tertiary alicyclic amines) is 1. The quantitative estimate of drug-likeness (QED) is 0.379. The summed E-state index contributed by atoms with van der Waals surface area (Å²) in [5.74, 6) is -4.86. The van der Waals surface area contributed by atoms with E-state index in [1.807, 2.05) is 13.8 Å². The van der Waals surface area contributed by atoms with Crippen molar-refractivity contribution in [2.24, 2.45) is 0 Å². The number of alkyl halides is 4. The summed E-state index contributed by atoms with van der Waals surface area (Å²) in [6, 6.07) is 4.48. The average molecular weight is 677 g/mol. The molecule has 1 fully saturated rings. The Morgan fingerprint density at radius 1 is 1.06 bits per heavy atom. The van der Waals surface area contributed by atoms with Crippen LogP contribution in [0.1, 0.15) is 61.9 Å². The van der Waals surface area contributed by atoms with Gasteiger partial charge in [-0.2, -0.15) is 13.2 Å². The third-order valence-corrected chi connectivity index (χ3v) is 8.29. The first-order valence-electron chi connectivity index (χ1n) is 15.7. The lowest BCUT2D eigenvalue weighted by Gasteiger charge is -2.31. The Bertz CT molecular complexity index is 1640. The second-order valence-electron chi connectivity index (χ2n) is 11.4. The number of carbonyl (C=O) groups excluding carboxylic acids is 4. The predicted octanol–water partition coefficient (Wildman–Crippen LogP) is 4.83. The Balaban J connectivity index is 0.00000255. The number of amides is 4. The molecular weight excluding hydrogens is 639 g/mol. The number of nitrogens with zero attached hydrogens (tertiary/aromatic N) is 2. The van der Waals surface area contributed by atoms with Crippen molar-refractivity contribution in [1.29, 1.82) is 0 Å². The molecule has 1 unspecified atom stereocenters. The van der Waals surface area contributed by atoms with E-state index in [4.69, 9.17) is 0 Å². The fourth-order valence-electron chi connectivity index (χ4n) is 5.95. The molecule has 0 bridgehead atoms. The zero-order valence-electron chi connectivity index (χ0n) is 26.7. The van der Waals surface area contributed by atoms with Crippen molar-refractivity contribution in [3.05, 3.63) is 76.1 Å². The van der Waals surface area contributed by atoms with Crippen molar-refractivity contribution in [2.45, 2.75) is 70.9 Å². The summed E-state index contributed by atoms with van der Waals surface area (Å²) in [6.45, 7) is 4.34. The summed E-state index contributed by atoms with van der Waals surface area (Å²) in [5.41, 5.74) is 1.99. The molecule has 3 atom stereocenters. The van der Waals surface area contributed by atoms with Crippen molar-refractivity contribution >= 4 is 35.4 Å². The van der Waals surface area contributed by atoms with Gasteiger partial charge in [-0.3, -0.25) is 19.2 Å². The molecule has 2 aromatic rings. The van der Waals surface area contributed by atoms with Gasteiger partial charge in [0.25, 0.3) is 5.91 Å². The maximum absolute atomic E-state index is 14.5. The molecule has 0 spiro atoms. The number of aryl methyl sites for hydroxylation is 1. The van der Waals surface area contributed by atoms with Crippen LogP contribution >= 0.6 is 0 Å². The standard InChI is InChI=1S/C32H31F5N4O5.C2H6/c1-17(24-14-25-21(12-27(24)42)3-2-10-40(25)31(46)32(35,36)37)39-30(45)26-13-23(34)16-41(26)28(43)15-38-29(44)19-5-4-18-8-9-22(33)11-20(18)7-6-19;1-2/h5-9,11-12,14,17,23,26,42H,2-4,10,13,15-16H2,1H3,(H,38,44)(H,39,45);1-2H3/t17-,23+,26?;/m0./s1. The first kappa shape index (κ1) is 36.1. The van der Waals surface area contributed by atoms with E-state index < -0.39 is 67.0 Å². The Hall–Kier alpha value is -4.75. The van der Waals surface area contributed by atoms with E-state index in [0.717, 1.165) is 10.5 Å². The topological polar surface area (TPSA) is 119 Å². The number of phenolic OH excluding ortho intramolecular Hbond substituents is 1. The van der Waals surface area contributed by atoms with Crippen molar-refractivity contribution in [3.63, 3.8) is 0 Å². The molecule has 4 amide bonds. The molecule has 3 aliphatic rings. The van der Waals surface area contributed by atoms with Gasteiger partial charge >= 0.3 is 12.1 Å². The molecule has 2 aliphatic heterocycles. The third kappa shape index (κ3) is 8.03. The first-order valence-corrected chi connectivity index (χ1v) is 15.7. The highest BCUT2D eigenvalue weighted by molar-refractivity contribution is 6.00. The monoisotopic (exact) mass is 676 g/mol. The molecule has 0 aromatic heterocycles. The van der Waals surface area contributed by atoms with Gasteiger partial charge in [-0.15, -0.1) is 0 Å². The van der Waals surface area contributed by atoms with Crippen molar-refractivity contribution in [2.75, 3.05) is 24.5 Å². The minimum atomic E-state index is -5.11. The number of fused-ring (bicyclic) bond motifs is 2. The number of nitrogens with one attached hydrogen (secondary N) is 2. The third-order valence-electron chi connectivity index (χ3n) is 8.29. The summed E-state index contributed by atoms with van der Waals surface area (Å²) in [4.78, 5) is 52.7. The van der Waals surface area contributed by atoms with E-state index in [1.165, 1.54) is 37.3 Å². The number of phenols is 1. The van der Waals surface area contributed by atoms with Crippen molar-refractivity contribution in [3.8, 4) is 5.75 Å². The summed E-state index contributed by atoms with van der Waals surface area (Å²) in [5, 5.41) is 15.7. The summed E-state index contributed by atoms with van der Waals surface area (Å²) < 4.78 is 67.7. The lowest BCUT2D eigenvalue weighted by Crippen LogP contribution is -2.49. The SMILES string of the molecule is CC.C[C@H](NC(=O)C1C[C@@H](F)CN1C(=O)CNC(=O)C1=CCc2ccc(F)cc2C=C1)c1cc2c(cc1O)CCCN2C(=O)C(F)(F)F. The molecule has 48 heavy (non-hydrogen) atoms. The minimum absolute atomic E-state index is 0.0310. The highest BCUT2D eigenvalue weighted by Gasteiger charge is 2.44. The molecular formula is C34H37F5N4O5. The maximum atomic E-state index is 14.5. The molecule has 1 aliphatic carbocycles. The van der Waals surface area contributed by atoms with Gasteiger partial charge in [0.15, 0.2) is 0 Å². The molecule has 258 valence electrons. The molecule has 5 rings (SSSR count). The number of aromatic hydroxyl groups is 1. The molecule has 3 N–H and O–H groups in total. The van der Waals surface area contributed by atoms with Gasteiger partial charge < -0.3 is 25.5 Å². The van der Waals surface area contributed by atoms with Crippen LogP contribution in [0.5, 0.6) is 5.75 Å². The van der Waals surface area contributed by atoms with Crippen LogP contribution in [0.3, 0.4) is 0 Å². The molecule has 9 nitrogen and oxygen atoms in total. The van der Waals surface area contributed by atoms with Crippen LogP contribution in [0.15, 0.2) is 48.1 Å². The molecule has 14 heteroatoms. The number of halogens is 5. The molecule has 1 saturated heterocycles. The van der Waals surface area contributed by atoms with Gasteiger partial charge in [-0.1, -0.05) is 32.1 Å². The van der Waals surface area contributed by atoms with E-state index in [0.29, 0.717) is 28.9 Å². The predicted molar refractivity (Wildman–Crippen MR) is 168 cm³/mol. The number of anilines is 1. The van der Waals surface area contributed by atoms with Gasteiger partial charge in [0.2, 0.25) is 11.8 Å². The molecule has 2 aromatic carbocycles. The maximum Gasteiger partial charge on any atom is 0.471 e. The second-order valence-corrected chi connectivity index (χ2v) is 11.4. The normalized spacial score (nSPS) is 19.1. The fourth-order valence-corrected chi connectivity index (χ4v) is 5.95.